The summed E-state index contributed by atoms with van der Waals surface area (Å²) in [4.78, 5) is 16.1. The number of pyridine rings is 1. The Labute approximate surface area is 146 Å². The summed E-state index contributed by atoms with van der Waals surface area (Å²) in [7, 11) is 0. The zero-order valence-electron chi connectivity index (χ0n) is 14.1. The summed E-state index contributed by atoms with van der Waals surface area (Å²) in [6.07, 6.45) is 1.39. The van der Waals surface area contributed by atoms with Crippen molar-refractivity contribution in [1.82, 2.24) is 15.2 Å². The summed E-state index contributed by atoms with van der Waals surface area (Å²) >= 11 is 1.20. The lowest BCUT2D eigenvalue weighted by atomic mass is 9.72. The number of aromatic nitrogens is 3. The minimum Gasteiger partial charge on any atom is -0.381 e. The largest absolute Gasteiger partial charge is 0.381 e. The van der Waals surface area contributed by atoms with E-state index in [-0.39, 0.29) is 18.8 Å². The second kappa shape index (κ2) is 5.23. The Morgan fingerprint density at radius 2 is 2.20 bits per heavy atom. The molecular formula is C17H18FN3O3S. The van der Waals surface area contributed by atoms with Gasteiger partial charge in [-0.2, -0.15) is 9.49 Å². The number of hydrogen-bond donors (Lipinski definition) is 3. The summed E-state index contributed by atoms with van der Waals surface area (Å²) in [6, 6.07) is 1.76. The molecular weight excluding hydrogens is 345 g/mol. The van der Waals surface area contributed by atoms with Crippen LogP contribution in [-0.4, -0.2) is 26.9 Å². The zero-order chi connectivity index (χ0) is 18.0. The number of fused-ring (bicyclic) bond motifs is 3. The Morgan fingerprint density at radius 1 is 1.44 bits per heavy atom. The molecule has 3 aromatic rings. The monoisotopic (exact) mass is 363 g/mol. The molecule has 0 spiro atoms. The van der Waals surface area contributed by atoms with Crippen molar-refractivity contribution in [1.29, 1.82) is 0 Å². The van der Waals surface area contributed by atoms with E-state index in [0.717, 1.165) is 5.56 Å². The lowest BCUT2D eigenvalue weighted by Gasteiger charge is -2.43. The van der Waals surface area contributed by atoms with E-state index < -0.39 is 17.0 Å². The number of H-pyrrole nitrogens is 2. The number of ether oxygens (including phenoxy) is 1. The van der Waals surface area contributed by atoms with Gasteiger partial charge in [0.1, 0.15) is 10.3 Å². The second-order valence-corrected chi connectivity index (χ2v) is 8.41. The quantitative estimate of drug-likeness (QED) is 0.620. The van der Waals surface area contributed by atoms with E-state index in [2.05, 4.69) is 15.2 Å². The molecule has 1 aliphatic rings. The first-order chi connectivity index (χ1) is 11.7. The first-order valence-electron chi connectivity index (χ1n) is 7.91. The highest BCUT2D eigenvalue weighted by atomic mass is 32.1. The minimum atomic E-state index is -1.31. The van der Waals surface area contributed by atoms with Gasteiger partial charge >= 0.3 is 0 Å². The van der Waals surface area contributed by atoms with E-state index in [9.17, 15) is 14.3 Å². The van der Waals surface area contributed by atoms with Crippen LogP contribution in [0.2, 0.25) is 0 Å². The van der Waals surface area contributed by atoms with Crippen molar-refractivity contribution in [3.63, 3.8) is 0 Å². The van der Waals surface area contributed by atoms with E-state index in [0.29, 0.717) is 26.2 Å². The van der Waals surface area contributed by atoms with E-state index in [1.807, 2.05) is 20.8 Å². The number of rotatable bonds is 1. The summed E-state index contributed by atoms with van der Waals surface area (Å²) in [6.45, 7) is 6.08. The first kappa shape index (κ1) is 16.4. The van der Waals surface area contributed by atoms with Crippen molar-refractivity contribution in [3.05, 3.63) is 39.8 Å². The number of aliphatic hydroxyl groups is 1. The van der Waals surface area contributed by atoms with Crippen LogP contribution in [0.15, 0.2) is 17.1 Å². The van der Waals surface area contributed by atoms with Crippen LogP contribution in [0, 0.1) is 11.4 Å². The third kappa shape index (κ3) is 2.28. The maximum atomic E-state index is 13.8. The molecule has 0 saturated carbocycles. The molecule has 6 nitrogen and oxygen atoms in total. The summed E-state index contributed by atoms with van der Waals surface area (Å²) in [5.41, 5.74) is -0.591. The van der Waals surface area contributed by atoms with Crippen molar-refractivity contribution < 1.29 is 14.2 Å². The smallest absolute Gasteiger partial charge is 0.266 e. The van der Waals surface area contributed by atoms with Crippen molar-refractivity contribution in [2.75, 3.05) is 6.61 Å². The maximum absolute atomic E-state index is 13.8. The first-order valence-corrected chi connectivity index (χ1v) is 8.72. The van der Waals surface area contributed by atoms with Gasteiger partial charge in [-0.25, -0.2) is 0 Å². The standard InChI is InChI=1S/C17H18FN3O3S/c1-16(2,3)17(23)7-24-6-10-8-4-11(9-5-19-21-14(9)18)25-12(8)15(22)20-13(10)17/h4-5,23H,6-7H2,1-3H3,(H,19,21)(H,20,22)/t17-/m1/s1. The van der Waals surface area contributed by atoms with Gasteiger partial charge in [-0.1, -0.05) is 20.8 Å². The van der Waals surface area contributed by atoms with Gasteiger partial charge in [0.05, 0.1) is 30.7 Å². The van der Waals surface area contributed by atoms with E-state index in [4.69, 9.17) is 4.74 Å². The van der Waals surface area contributed by atoms with Crippen molar-refractivity contribution >= 4 is 21.4 Å². The molecule has 3 aromatic heterocycles. The van der Waals surface area contributed by atoms with Gasteiger partial charge in [0.15, 0.2) is 0 Å². The predicted octanol–water partition coefficient (Wildman–Crippen LogP) is 2.88. The maximum Gasteiger partial charge on any atom is 0.266 e. The van der Waals surface area contributed by atoms with E-state index in [1.165, 1.54) is 17.5 Å². The minimum absolute atomic E-state index is 0.109. The molecule has 25 heavy (non-hydrogen) atoms. The van der Waals surface area contributed by atoms with Crippen LogP contribution < -0.4 is 5.56 Å². The second-order valence-electron chi connectivity index (χ2n) is 7.36. The van der Waals surface area contributed by atoms with E-state index >= 15 is 0 Å². The summed E-state index contributed by atoms with van der Waals surface area (Å²) < 4.78 is 20.0. The summed E-state index contributed by atoms with van der Waals surface area (Å²) in [5, 5.41) is 17.8. The van der Waals surface area contributed by atoms with Crippen LogP contribution in [0.4, 0.5) is 4.39 Å². The molecule has 8 heteroatoms. The van der Waals surface area contributed by atoms with Crippen LogP contribution in [0.1, 0.15) is 32.0 Å². The van der Waals surface area contributed by atoms with Crippen LogP contribution >= 0.6 is 11.3 Å². The fourth-order valence-electron chi connectivity index (χ4n) is 3.21. The molecule has 132 valence electrons. The van der Waals surface area contributed by atoms with Gasteiger partial charge in [-0.05, 0) is 11.5 Å². The van der Waals surface area contributed by atoms with Crippen LogP contribution in [0.5, 0.6) is 0 Å². The Kier molecular flexibility index (Phi) is 3.44. The van der Waals surface area contributed by atoms with Crippen molar-refractivity contribution in [2.45, 2.75) is 33.0 Å². The molecule has 0 fully saturated rings. The van der Waals surface area contributed by atoms with Crippen molar-refractivity contribution in [2.24, 2.45) is 5.41 Å². The van der Waals surface area contributed by atoms with Gasteiger partial charge in [0.25, 0.3) is 5.56 Å². The lowest BCUT2D eigenvalue weighted by molar-refractivity contribution is -0.139. The number of nitrogens with zero attached hydrogens (tertiary/aromatic N) is 1. The lowest BCUT2D eigenvalue weighted by Crippen LogP contribution is -2.48. The van der Waals surface area contributed by atoms with Crippen molar-refractivity contribution in [3.8, 4) is 10.4 Å². The molecule has 0 amide bonds. The summed E-state index contributed by atoms with van der Waals surface area (Å²) in [5.74, 6) is -0.542. The Hall–Kier alpha value is -2.03. The molecule has 1 aliphatic heterocycles. The molecule has 0 radical (unpaired) electrons. The molecule has 1 atom stereocenters. The fraction of sp³-hybridized carbons (Fsp3) is 0.412. The molecule has 0 bridgehead atoms. The predicted molar refractivity (Wildman–Crippen MR) is 93.0 cm³/mol. The molecule has 0 saturated heterocycles. The van der Waals surface area contributed by atoms with Crippen LogP contribution in [-0.2, 0) is 16.9 Å². The normalized spacial score (nSPS) is 20.8. The van der Waals surface area contributed by atoms with E-state index in [1.54, 1.807) is 6.07 Å². The Morgan fingerprint density at radius 3 is 2.84 bits per heavy atom. The fourth-order valence-corrected chi connectivity index (χ4v) is 4.29. The molecule has 0 aromatic carbocycles. The van der Waals surface area contributed by atoms with Gasteiger partial charge in [-0.15, -0.1) is 11.3 Å². The third-order valence-corrected chi connectivity index (χ3v) is 6.04. The van der Waals surface area contributed by atoms with Crippen LogP contribution in [0.3, 0.4) is 0 Å². The molecule has 3 N–H and O–H groups in total. The highest BCUT2D eigenvalue weighted by Gasteiger charge is 2.47. The van der Waals surface area contributed by atoms with Gasteiger partial charge in [-0.3, -0.25) is 9.89 Å². The average Bonchev–Trinajstić information content (AvgIpc) is 3.14. The Balaban J connectivity index is 2.01. The molecule has 0 aliphatic carbocycles. The third-order valence-electron chi connectivity index (χ3n) is 4.87. The van der Waals surface area contributed by atoms with Gasteiger partial charge in [0, 0.05) is 15.8 Å². The molecule has 4 heterocycles. The average molecular weight is 363 g/mol. The number of hydrogen-bond acceptors (Lipinski definition) is 5. The zero-order valence-corrected chi connectivity index (χ0v) is 14.9. The molecule has 4 rings (SSSR count). The van der Waals surface area contributed by atoms with Gasteiger partial charge in [0.2, 0.25) is 5.95 Å². The number of aromatic amines is 2. The number of thiophene rings is 1. The number of halogens is 1. The number of nitrogens with one attached hydrogen (secondary N) is 2. The molecule has 0 unspecified atom stereocenters. The Bertz CT molecular complexity index is 1030. The topological polar surface area (TPSA) is 91.0 Å². The SMILES string of the molecule is CC(C)(C)[C@@]1(O)COCc2c1[nH]c(=O)c1sc(-c3cn[nH]c3F)cc21. The van der Waals surface area contributed by atoms with Gasteiger partial charge < -0.3 is 14.8 Å². The van der Waals surface area contributed by atoms with Crippen LogP contribution in [0.25, 0.3) is 20.5 Å². The highest BCUT2D eigenvalue weighted by molar-refractivity contribution is 7.22. The highest BCUT2D eigenvalue weighted by Crippen LogP contribution is 2.45.